The van der Waals surface area contributed by atoms with E-state index in [-0.39, 0.29) is 5.41 Å². The van der Waals surface area contributed by atoms with E-state index in [0.717, 1.165) is 56.8 Å². The first-order valence-corrected chi connectivity index (χ1v) is 7.12. The van der Waals surface area contributed by atoms with Gasteiger partial charge < -0.3 is 9.52 Å². The fourth-order valence-electron chi connectivity index (χ4n) is 2.73. The first-order valence-electron chi connectivity index (χ1n) is 7.12. The Morgan fingerprint density at radius 1 is 1.22 bits per heavy atom. The van der Waals surface area contributed by atoms with Crippen molar-refractivity contribution in [1.82, 2.24) is 4.90 Å². The second-order valence-electron chi connectivity index (χ2n) is 5.51. The Labute approximate surface area is 110 Å². The summed E-state index contributed by atoms with van der Waals surface area (Å²) in [6.45, 7) is 7.67. The molecule has 1 fully saturated rings. The van der Waals surface area contributed by atoms with Crippen molar-refractivity contribution in [2.75, 3.05) is 19.7 Å². The Morgan fingerprint density at radius 3 is 2.39 bits per heavy atom. The highest BCUT2D eigenvalue weighted by molar-refractivity contribution is 5.07. The van der Waals surface area contributed by atoms with Crippen molar-refractivity contribution in [3.63, 3.8) is 0 Å². The molecule has 3 nitrogen and oxygen atoms in total. The summed E-state index contributed by atoms with van der Waals surface area (Å²) in [5.74, 6) is 2.14. The first-order chi connectivity index (χ1) is 8.71. The molecule has 3 heteroatoms. The van der Waals surface area contributed by atoms with Crippen molar-refractivity contribution in [1.29, 1.82) is 0 Å². The summed E-state index contributed by atoms with van der Waals surface area (Å²) >= 11 is 0. The molecule has 1 aliphatic rings. The third-order valence-corrected chi connectivity index (χ3v) is 4.45. The van der Waals surface area contributed by atoms with E-state index >= 15 is 0 Å². The molecular formula is C15H25NO2. The van der Waals surface area contributed by atoms with E-state index in [0.29, 0.717) is 6.61 Å². The Balaban J connectivity index is 1.86. The van der Waals surface area contributed by atoms with E-state index in [4.69, 9.17) is 4.42 Å². The molecule has 0 aromatic carbocycles. The molecular weight excluding hydrogens is 226 g/mol. The summed E-state index contributed by atoms with van der Waals surface area (Å²) in [5.41, 5.74) is 0.175. The van der Waals surface area contributed by atoms with Crippen LogP contribution in [0.5, 0.6) is 0 Å². The molecule has 1 aromatic rings. The van der Waals surface area contributed by atoms with Crippen LogP contribution in [0.3, 0.4) is 0 Å². The summed E-state index contributed by atoms with van der Waals surface area (Å²) in [4.78, 5) is 2.43. The number of aliphatic hydroxyl groups excluding tert-OH is 1. The minimum Gasteiger partial charge on any atom is -0.465 e. The van der Waals surface area contributed by atoms with Crippen LogP contribution in [0.2, 0.25) is 0 Å². The van der Waals surface area contributed by atoms with E-state index in [9.17, 15) is 5.11 Å². The fraction of sp³-hybridized carbons (Fsp3) is 0.733. The van der Waals surface area contributed by atoms with Crippen molar-refractivity contribution in [3.8, 4) is 0 Å². The number of furan rings is 1. The van der Waals surface area contributed by atoms with Gasteiger partial charge in [-0.15, -0.1) is 0 Å². The number of piperidine rings is 1. The van der Waals surface area contributed by atoms with E-state index in [2.05, 4.69) is 30.9 Å². The van der Waals surface area contributed by atoms with Gasteiger partial charge in [-0.05, 0) is 49.9 Å². The molecule has 0 aliphatic carbocycles. The van der Waals surface area contributed by atoms with E-state index in [1.54, 1.807) is 0 Å². The summed E-state index contributed by atoms with van der Waals surface area (Å²) in [5, 5.41) is 9.52. The van der Waals surface area contributed by atoms with Crippen molar-refractivity contribution < 1.29 is 9.52 Å². The maximum absolute atomic E-state index is 9.52. The fourth-order valence-corrected chi connectivity index (χ4v) is 2.73. The van der Waals surface area contributed by atoms with Gasteiger partial charge in [-0.1, -0.05) is 13.8 Å². The van der Waals surface area contributed by atoms with E-state index < -0.39 is 0 Å². The lowest BCUT2D eigenvalue weighted by Gasteiger charge is -2.39. The van der Waals surface area contributed by atoms with Gasteiger partial charge in [0.2, 0.25) is 0 Å². The average Bonchev–Trinajstić information content (AvgIpc) is 2.88. The van der Waals surface area contributed by atoms with Crippen molar-refractivity contribution in [2.24, 2.45) is 5.41 Å². The monoisotopic (exact) mass is 251 g/mol. The lowest BCUT2D eigenvalue weighted by atomic mass is 9.77. The maximum Gasteiger partial charge on any atom is 0.118 e. The van der Waals surface area contributed by atoms with Crippen LogP contribution in [0, 0.1) is 5.41 Å². The third-order valence-electron chi connectivity index (χ3n) is 4.45. The van der Waals surface area contributed by atoms with E-state index in [1.165, 1.54) is 0 Å². The van der Waals surface area contributed by atoms with Crippen LogP contribution in [0.25, 0.3) is 0 Å². The van der Waals surface area contributed by atoms with Crippen molar-refractivity contribution in [2.45, 2.75) is 46.1 Å². The first kappa shape index (κ1) is 13.6. The molecule has 0 atom stereocenters. The van der Waals surface area contributed by atoms with Gasteiger partial charge in [-0.25, -0.2) is 0 Å². The second kappa shape index (κ2) is 5.89. The lowest BCUT2D eigenvalue weighted by Crippen LogP contribution is -2.41. The van der Waals surface area contributed by atoms with Crippen LogP contribution in [0.1, 0.15) is 44.6 Å². The van der Waals surface area contributed by atoms with Gasteiger partial charge >= 0.3 is 0 Å². The molecule has 18 heavy (non-hydrogen) atoms. The predicted molar refractivity (Wildman–Crippen MR) is 72.4 cm³/mol. The number of hydrogen-bond acceptors (Lipinski definition) is 3. The molecule has 1 saturated heterocycles. The zero-order valence-corrected chi connectivity index (χ0v) is 11.6. The number of nitrogens with zero attached hydrogens (tertiary/aromatic N) is 1. The van der Waals surface area contributed by atoms with Crippen LogP contribution in [0.4, 0.5) is 0 Å². The minimum absolute atomic E-state index is 0.175. The number of rotatable bonds is 5. The largest absolute Gasteiger partial charge is 0.465 e. The molecule has 2 heterocycles. The molecule has 2 rings (SSSR count). The topological polar surface area (TPSA) is 36.6 Å². The lowest BCUT2D eigenvalue weighted by molar-refractivity contribution is 0.0359. The molecule has 0 spiro atoms. The molecule has 0 amide bonds. The van der Waals surface area contributed by atoms with Gasteiger partial charge in [0.05, 0.1) is 6.54 Å². The zero-order chi connectivity index (χ0) is 13.0. The summed E-state index contributed by atoms with van der Waals surface area (Å²) in [7, 11) is 0. The second-order valence-corrected chi connectivity index (χ2v) is 5.51. The molecule has 0 radical (unpaired) electrons. The third kappa shape index (κ3) is 2.96. The van der Waals surface area contributed by atoms with Crippen molar-refractivity contribution in [3.05, 3.63) is 23.7 Å². The van der Waals surface area contributed by atoms with Gasteiger partial charge in [0, 0.05) is 13.0 Å². The van der Waals surface area contributed by atoms with Crippen LogP contribution in [-0.4, -0.2) is 29.7 Å². The number of aryl methyl sites for hydroxylation is 1. The predicted octanol–water partition coefficient (Wildman–Crippen LogP) is 2.83. The Morgan fingerprint density at radius 2 is 1.89 bits per heavy atom. The highest BCUT2D eigenvalue weighted by atomic mass is 16.3. The molecule has 0 bridgehead atoms. The average molecular weight is 251 g/mol. The Bertz CT molecular complexity index is 358. The van der Waals surface area contributed by atoms with Crippen LogP contribution in [-0.2, 0) is 13.0 Å². The Kier molecular flexibility index (Phi) is 4.46. The SMILES string of the molecule is CCc1ccc(CN2CCC(CC)(CO)CC2)o1. The van der Waals surface area contributed by atoms with Crippen molar-refractivity contribution >= 4 is 0 Å². The molecule has 0 unspecified atom stereocenters. The molecule has 1 N–H and O–H groups in total. The quantitative estimate of drug-likeness (QED) is 0.874. The number of likely N-dealkylation sites (tertiary alicyclic amines) is 1. The minimum atomic E-state index is 0.175. The number of aliphatic hydroxyl groups is 1. The van der Waals surface area contributed by atoms with Gasteiger partial charge in [0.15, 0.2) is 0 Å². The molecule has 102 valence electrons. The Hall–Kier alpha value is -0.800. The highest BCUT2D eigenvalue weighted by Gasteiger charge is 2.32. The summed E-state index contributed by atoms with van der Waals surface area (Å²) in [6.07, 6.45) is 4.24. The van der Waals surface area contributed by atoms with Gasteiger partial charge in [0.25, 0.3) is 0 Å². The zero-order valence-electron chi connectivity index (χ0n) is 11.6. The normalized spacial score (nSPS) is 20.2. The van der Waals surface area contributed by atoms with Crippen LogP contribution in [0.15, 0.2) is 16.5 Å². The smallest absolute Gasteiger partial charge is 0.118 e. The standard InChI is InChI=1S/C15H25NO2/c1-3-13-5-6-14(18-13)11-16-9-7-15(4-2,12-17)8-10-16/h5-6,17H,3-4,7-12H2,1-2H3. The van der Waals surface area contributed by atoms with Gasteiger partial charge in [0.1, 0.15) is 11.5 Å². The van der Waals surface area contributed by atoms with Crippen LogP contribution < -0.4 is 0 Å². The molecule has 1 aromatic heterocycles. The van der Waals surface area contributed by atoms with Crippen LogP contribution >= 0.6 is 0 Å². The molecule has 1 aliphatic heterocycles. The van der Waals surface area contributed by atoms with Gasteiger partial charge in [-0.3, -0.25) is 4.90 Å². The summed E-state index contributed by atoms with van der Waals surface area (Å²) in [6, 6.07) is 4.16. The van der Waals surface area contributed by atoms with E-state index in [1.807, 2.05) is 0 Å². The molecule has 0 saturated carbocycles. The van der Waals surface area contributed by atoms with Gasteiger partial charge in [-0.2, -0.15) is 0 Å². The number of hydrogen-bond donors (Lipinski definition) is 1. The maximum atomic E-state index is 9.52. The highest BCUT2D eigenvalue weighted by Crippen LogP contribution is 2.34. The summed E-state index contributed by atoms with van der Waals surface area (Å²) < 4.78 is 5.75.